The van der Waals surface area contributed by atoms with E-state index in [1.165, 1.54) is 0 Å². The molecular formula is C11H20N4OS. The number of thioether (sulfide) groups is 1. The summed E-state index contributed by atoms with van der Waals surface area (Å²) < 4.78 is 0. The summed E-state index contributed by atoms with van der Waals surface area (Å²) in [5.74, 6) is 1.94. The van der Waals surface area contributed by atoms with Crippen LogP contribution in [0.15, 0.2) is 0 Å². The summed E-state index contributed by atoms with van der Waals surface area (Å²) in [6, 6.07) is 0.137. The third-order valence-electron chi connectivity index (χ3n) is 2.49. The van der Waals surface area contributed by atoms with E-state index in [1.807, 2.05) is 18.7 Å². The zero-order valence-electron chi connectivity index (χ0n) is 10.5. The molecule has 0 saturated carbocycles. The number of anilines is 1. The number of aryl methyl sites for hydroxylation is 1. The zero-order valence-corrected chi connectivity index (χ0v) is 11.4. The predicted octanol–water partition coefficient (Wildman–Crippen LogP) is 1.56. The molecule has 1 atom stereocenters. The molecule has 0 saturated heterocycles. The Balaban J connectivity index is 2.46. The number of carbonyl (C=O) groups excluding carboxylic acids is 1. The number of rotatable bonds is 6. The van der Waals surface area contributed by atoms with Crippen LogP contribution in [0.5, 0.6) is 0 Å². The van der Waals surface area contributed by atoms with Gasteiger partial charge in [0, 0.05) is 6.04 Å². The minimum Gasteiger partial charge on any atom is -0.395 e. The molecule has 4 N–H and O–H groups in total. The second-order valence-corrected chi connectivity index (χ2v) is 5.36. The first-order valence-electron chi connectivity index (χ1n) is 5.75. The SMILES string of the molecule is CCSCCC(C)NC(=O)c1n[nH]c(C)c1N. The lowest BCUT2D eigenvalue weighted by Gasteiger charge is -2.12. The lowest BCUT2D eigenvalue weighted by atomic mass is 10.2. The van der Waals surface area contributed by atoms with E-state index in [4.69, 9.17) is 5.73 Å². The molecule has 6 heteroatoms. The van der Waals surface area contributed by atoms with Gasteiger partial charge in [0.05, 0.1) is 11.4 Å². The van der Waals surface area contributed by atoms with Crippen LogP contribution in [0.1, 0.15) is 36.5 Å². The van der Waals surface area contributed by atoms with Crippen molar-refractivity contribution in [1.82, 2.24) is 15.5 Å². The van der Waals surface area contributed by atoms with Crippen molar-refractivity contribution < 1.29 is 4.79 Å². The first-order chi connectivity index (χ1) is 8.06. The van der Waals surface area contributed by atoms with Crippen LogP contribution in [0.4, 0.5) is 5.69 Å². The Bertz CT molecular complexity index is 378. The molecule has 1 rings (SSSR count). The van der Waals surface area contributed by atoms with Crippen LogP contribution in [0.2, 0.25) is 0 Å². The molecule has 0 bridgehead atoms. The molecule has 1 heterocycles. The Labute approximate surface area is 106 Å². The smallest absolute Gasteiger partial charge is 0.274 e. The van der Waals surface area contributed by atoms with Gasteiger partial charge in [-0.3, -0.25) is 9.89 Å². The van der Waals surface area contributed by atoms with Crippen LogP contribution >= 0.6 is 11.8 Å². The van der Waals surface area contributed by atoms with Crippen molar-refractivity contribution in [2.45, 2.75) is 33.2 Å². The molecule has 0 aromatic carbocycles. The number of nitrogens with one attached hydrogen (secondary N) is 2. The highest BCUT2D eigenvalue weighted by atomic mass is 32.2. The van der Waals surface area contributed by atoms with E-state index >= 15 is 0 Å². The van der Waals surface area contributed by atoms with Gasteiger partial charge >= 0.3 is 0 Å². The fourth-order valence-electron chi connectivity index (χ4n) is 1.38. The van der Waals surface area contributed by atoms with Crippen molar-refractivity contribution in [3.8, 4) is 0 Å². The van der Waals surface area contributed by atoms with Crippen molar-refractivity contribution in [3.05, 3.63) is 11.4 Å². The number of nitrogen functional groups attached to an aromatic ring is 1. The molecule has 1 amide bonds. The van der Waals surface area contributed by atoms with Gasteiger partial charge in [-0.1, -0.05) is 6.92 Å². The first kappa shape index (κ1) is 13.9. The van der Waals surface area contributed by atoms with Gasteiger partial charge in [-0.25, -0.2) is 0 Å². The van der Waals surface area contributed by atoms with Crippen molar-refractivity contribution in [2.24, 2.45) is 0 Å². The first-order valence-corrected chi connectivity index (χ1v) is 6.90. The van der Waals surface area contributed by atoms with Crippen molar-refractivity contribution in [1.29, 1.82) is 0 Å². The molecule has 17 heavy (non-hydrogen) atoms. The summed E-state index contributed by atoms with van der Waals surface area (Å²) >= 11 is 1.87. The van der Waals surface area contributed by atoms with Crippen LogP contribution in [0, 0.1) is 6.92 Å². The van der Waals surface area contributed by atoms with E-state index in [2.05, 4.69) is 22.4 Å². The molecule has 0 aliphatic heterocycles. The number of H-pyrrole nitrogens is 1. The van der Waals surface area contributed by atoms with Gasteiger partial charge in [0.25, 0.3) is 5.91 Å². The quantitative estimate of drug-likeness (QED) is 0.674. The minimum absolute atomic E-state index is 0.137. The Morgan fingerprint density at radius 3 is 2.88 bits per heavy atom. The number of amides is 1. The number of hydrogen-bond acceptors (Lipinski definition) is 4. The fraction of sp³-hybridized carbons (Fsp3) is 0.636. The van der Waals surface area contributed by atoms with E-state index < -0.39 is 0 Å². The molecule has 0 aliphatic carbocycles. The summed E-state index contributed by atoms with van der Waals surface area (Å²) in [4.78, 5) is 11.8. The van der Waals surface area contributed by atoms with Crippen LogP contribution in [0.25, 0.3) is 0 Å². The maximum atomic E-state index is 11.8. The monoisotopic (exact) mass is 256 g/mol. The largest absolute Gasteiger partial charge is 0.395 e. The van der Waals surface area contributed by atoms with E-state index in [-0.39, 0.29) is 17.6 Å². The topological polar surface area (TPSA) is 83.8 Å². The summed E-state index contributed by atoms with van der Waals surface area (Å²) in [5, 5.41) is 9.50. The average molecular weight is 256 g/mol. The number of aromatic amines is 1. The Morgan fingerprint density at radius 1 is 1.65 bits per heavy atom. The maximum absolute atomic E-state index is 11.8. The van der Waals surface area contributed by atoms with Gasteiger partial charge in [-0.05, 0) is 31.8 Å². The second kappa shape index (κ2) is 6.54. The van der Waals surface area contributed by atoms with E-state index in [9.17, 15) is 4.79 Å². The molecule has 0 radical (unpaired) electrons. The summed E-state index contributed by atoms with van der Waals surface area (Å²) in [6.45, 7) is 5.91. The third-order valence-corrected chi connectivity index (χ3v) is 3.42. The lowest BCUT2D eigenvalue weighted by molar-refractivity contribution is 0.0935. The standard InChI is InChI=1S/C11H20N4OS/c1-4-17-6-5-7(2)13-11(16)10-9(12)8(3)14-15-10/h7H,4-6,12H2,1-3H3,(H,13,16)(H,14,15). The number of carbonyl (C=O) groups is 1. The molecule has 1 unspecified atom stereocenters. The molecular weight excluding hydrogens is 236 g/mol. The highest BCUT2D eigenvalue weighted by Crippen LogP contribution is 2.12. The van der Waals surface area contributed by atoms with Gasteiger partial charge in [-0.2, -0.15) is 16.9 Å². The summed E-state index contributed by atoms with van der Waals surface area (Å²) in [5.41, 5.74) is 7.19. The van der Waals surface area contributed by atoms with Gasteiger partial charge in [-0.15, -0.1) is 0 Å². The molecule has 1 aromatic rings. The Morgan fingerprint density at radius 2 is 2.35 bits per heavy atom. The Kier molecular flexibility index (Phi) is 5.34. The van der Waals surface area contributed by atoms with Crippen molar-refractivity contribution >= 4 is 23.4 Å². The van der Waals surface area contributed by atoms with Gasteiger partial charge in [0.2, 0.25) is 0 Å². The van der Waals surface area contributed by atoms with E-state index in [1.54, 1.807) is 6.92 Å². The molecule has 0 spiro atoms. The van der Waals surface area contributed by atoms with Crippen LogP contribution in [-0.4, -0.2) is 33.7 Å². The van der Waals surface area contributed by atoms with Gasteiger partial charge in [0.1, 0.15) is 0 Å². The molecule has 1 aromatic heterocycles. The molecule has 0 fully saturated rings. The van der Waals surface area contributed by atoms with E-state index in [0.29, 0.717) is 5.69 Å². The van der Waals surface area contributed by atoms with Gasteiger partial charge < -0.3 is 11.1 Å². The normalized spacial score (nSPS) is 12.4. The fourth-order valence-corrected chi connectivity index (χ4v) is 2.19. The van der Waals surface area contributed by atoms with Crippen LogP contribution in [-0.2, 0) is 0 Å². The predicted molar refractivity (Wildman–Crippen MR) is 72.3 cm³/mol. The number of nitrogens with two attached hydrogens (primary N) is 1. The molecule has 96 valence electrons. The van der Waals surface area contributed by atoms with Crippen LogP contribution in [0.3, 0.4) is 0 Å². The van der Waals surface area contributed by atoms with Crippen LogP contribution < -0.4 is 11.1 Å². The highest BCUT2D eigenvalue weighted by molar-refractivity contribution is 7.99. The second-order valence-electron chi connectivity index (χ2n) is 3.97. The number of hydrogen-bond donors (Lipinski definition) is 3. The lowest BCUT2D eigenvalue weighted by Crippen LogP contribution is -2.33. The molecule has 0 aliphatic rings. The number of aromatic nitrogens is 2. The number of nitrogens with zero attached hydrogens (tertiary/aromatic N) is 1. The highest BCUT2D eigenvalue weighted by Gasteiger charge is 2.16. The minimum atomic E-state index is -0.208. The summed E-state index contributed by atoms with van der Waals surface area (Å²) in [7, 11) is 0. The average Bonchev–Trinajstić information content (AvgIpc) is 2.60. The third kappa shape index (κ3) is 3.96. The van der Waals surface area contributed by atoms with E-state index in [0.717, 1.165) is 23.6 Å². The van der Waals surface area contributed by atoms with Gasteiger partial charge in [0.15, 0.2) is 5.69 Å². The zero-order chi connectivity index (χ0) is 12.8. The summed E-state index contributed by atoms with van der Waals surface area (Å²) in [6.07, 6.45) is 0.952. The van der Waals surface area contributed by atoms with Crippen molar-refractivity contribution in [2.75, 3.05) is 17.2 Å². The van der Waals surface area contributed by atoms with Crippen molar-refractivity contribution in [3.63, 3.8) is 0 Å². The molecule has 5 nitrogen and oxygen atoms in total. The maximum Gasteiger partial charge on any atom is 0.274 e. The Hall–Kier alpha value is -1.17.